The van der Waals surface area contributed by atoms with Gasteiger partial charge in [0.05, 0.1) is 0 Å². The van der Waals surface area contributed by atoms with E-state index in [0.717, 1.165) is 28.9 Å². The molecule has 0 fully saturated rings. The summed E-state index contributed by atoms with van der Waals surface area (Å²) < 4.78 is 5.91. The Morgan fingerprint density at radius 3 is 2.74 bits per heavy atom. The van der Waals surface area contributed by atoms with Gasteiger partial charge in [-0.05, 0) is 35.4 Å². The molecule has 0 amide bonds. The second-order valence-corrected chi connectivity index (χ2v) is 5.50. The third-order valence-corrected chi connectivity index (χ3v) is 3.71. The van der Waals surface area contributed by atoms with Crippen molar-refractivity contribution in [2.45, 2.75) is 12.5 Å². The highest BCUT2D eigenvalue weighted by Gasteiger charge is 2.25. The molecular formula is C15H13Cl2NO. The smallest absolute Gasteiger partial charge is 0.131 e. The molecule has 19 heavy (non-hydrogen) atoms. The molecule has 1 aliphatic rings. The number of rotatable bonds is 2. The molecule has 0 aromatic heterocycles. The van der Waals surface area contributed by atoms with Gasteiger partial charge in [-0.3, -0.25) is 0 Å². The minimum atomic E-state index is 0.0337. The normalized spacial score (nSPS) is 17.1. The van der Waals surface area contributed by atoms with Crippen LogP contribution in [-0.4, -0.2) is 12.6 Å². The molecule has 2 N–H and O–H groups in total. The summed E-state index contributed by atoms with van der Waals surface area (Å²) in [4.78, 5) is 0. The van der Waals surface area contributed by atoms with Crippen molar-refractivity contribution in [2.75, 3.05) is 6.54 Å². The number of ether oxygens (including phenoxy) is 1. The Balaban J connectivity index is 2.13. The van der Waals surface area contributed by atoms with E-state index >= 15 is 0 Å². The Kier molecular flexibility index (Phi) is 3.40. The van der Waals surface area contributed by atoms with Gasteiger partial charge in [0.2, 0.25) is 0 Å². The highest BCUT2D eigenvalue weighted by atomic mass is 35.5. The Bertz CT molecular complexity index is 628. The van der Waals surface area contributed by atoms with Crippen LogP contribution in [0.25, 0.3) is 11.1 Å². The molecule has 0 bridgehead atoms. The quantitative estimate of drug-likeness (QED) is 0.911. The van der Waals surface area contributed by atoms with Crippen LogP contribution in [-0.2, 0) is 6.42 Å². The largest absolute Gasteiger partial charge is 0.488 e. The monoisotopic (exact) mass is 293 g/mol. The Labute approximate surface area is 122 Å². The predicted molar refractivity (Wildman–Crippen MR) is 79.1 cm³/mol. The lowest BCUT2D eigenvalue weighted by atomic mass is 10.0. The summed E-state index contributed by atoms with van der Waals surface area (Å²) in [5.74, 6) is 0.877. The van der Waals surface area contributed by atoms with Crippen LogP contribution in [0.4, 0.5) is 0 Å². The summed E-state index contributed by atoms with van der Waals surface area (Å²) in [6.45, 7) is 0.501. The SMILES string of the molecule is NC[C@H]1Cc2cc(Cl)cc(-c3cccc(Cl)c3)c2O1. The second-order valence-electron chi connectivity index (χ2n) is 4.63. The van der Waals surface area contributed by atoms with E-state index in [0.29, 0.717) is 16.6 Å². The van der Waals surface area contributed by atoms with Gasteiger partial charge in [0, 0.05) is 28.6 Å². The van der Waals surface area contributed by atoms with Crippen molar-refractivity contribution in [2.24, 2.45) is 5.73 Å². The third-order valence-electron chi connectivity index (χ3n) is 3.26. The minimum Gasteiger partial charge on any atom is -0.488 e. The van der Waals surface area contributed by atoms with Crippen LogP contribution in [0.1, 0.15) is 5.56 Å². The summed E-state index contributed by atoms with van der Waals surface area (Å²) in [5, 5.41) is 1.40. The van der Waals surface area contributed by atoms with Crippen LogP contribution in [0.5, 0.6) is 5.75 Å². The molecule has 4 heteroatoms. The van der Waals surface area contributed by atoms with E-state index in [1.807, 2.05) is 36.4 Å². The van der Waals surface area contributed by atoms with Gasteiger partial charge in [-0.1, -0.05) is 35.3 Å². The fourth-order valence-electron chi connectivity index (χ4n) is 2.40. The van der Waals surface area contributed by atoms with Gasteiger partial charge in [-0.15, -0.1) is 0 Å². The Hall–Kier alpha value is -1.22. The first-order chi connectivity index (χ1) is 9.17. The van der Waals surface area contributed by atoms with Gasteiger partial charge in [-0.2, -0.15) is 0 Å². The maximum atomic E-state index is 6.19. The summed E-state index contributed by atoms with van der Waals surface area (Å²) >= 11 is 12.2. The lowest BCUT2D eigenvalue weighted by Crippen LogP contribution is -2.24. The van der Waals surface area contributed by atoms with E-state index in [1.165, 1.54) is 0 Å². The van der Waals surface area contributed by atoms with Crippen LogP contribution < -0.4 is 10.5 Å². The van der Waals surface area contributed by atoms with E-state index in [9.17, 15) is 0 Å². The van der Waals surface area contributed by atoms with Crippen molar-refractivity contribution in [3.8, 4) is 16.9 Å². The van der Waals surface area contributed by atoms with Gasteiger partial charge in [0.15, 0.2) is 0 Å². The van der Waals surface area contributed by atoms with Crippen LogP contribution in [0, 0.1) is 0 Å². The number of fused-ring (bicyclic) bond motifs is 1. The Morgan fingerprint density at radius 1 is 1.16 bits per heavy atom. The highest BCUT2D eigenvalue weighted by Crippen LogP contribution is 2.41. The molecule has 3 rings (SSSR count). The Morgan fingerprint density at radius 2 is 2.00 bits per heavy atom. The molecule has 0 spiro atoms. The predicted octanol–water partition coefficient (Wildman–Crippen LogP) is 3.92. The van der Waals surface area contributed by atoms with E-state index in [2.05, 4.69) is 0 Å². The average Bonchev–Trinajstić information content (AvgIpc) is 2.80. The van der Waals surface area contributed by atoms with Crippen molar-refractivity contribution in [1.82, 2.24) is 0 Å². The molecule has 1 heterocycles. The van der Waals surface area contributed by atoms with Crippen LogP contribution in [0.2, 0.25) is 10.0 Å². The van der Waals surface area contributed by atoms with E-state index < -0.39 is 0 Å². The number of hydrogen-bond donors (Lipinski definition) is 1. The van der Waals surface area contributed by atoms with Crippen molar-refractivity contribution in [3.05, 3.63) is 52.0 Å². The lowest BCUT2D eigenvalue weighted by Gasteiger charge is -2.11. The molecule has 1 atom stereocenters. The highest BCUT2D eigenvalue weighted by molar-refractivity contribution is 6.31. The van der Waals surface area contributed by atoms with Crippen LogP contribution >= 0.6 is 23.2 Å². The van der Waals surface area contributed by atoms with E-state index in [4.69, 9.17) is 33.7 Å². The fraction of sp³-hybridized carbons (Fsp3) is 0.200. The zero-order chi connectivity index (χ0) is 13.4. The van der Waals surface area contributed by atoms with Crippen molar-refractivity contribution >= 4 is 23.2 Å². The molecular weight excluding hydrogens is 281 g/mol. The zero-order valence-electron chi connectivity index (χ0n) is 10.2. The number of benzene rings is 2. The fourth-order valence-corrected chi connectivity index (χ4v) is 2.83. The zero-order valence-corrected chi connectivity index (χ0v) is 11.7. The van der Waals surface area contributed by atoms with Crippen molar-refractivity contribution < 1.29 is 4.74 Å². The summed E-state index contributed by atoms with van der Waals surface area (Å²) in [6.07, 6.45) is 0.839. The van der Waals surface area contributed by atoms with Gasteiger partial charge in [0.1, 0.15) is 11.9 Å². The molecule has 0 saturated heterocycles. The lowest BCUT2D eigenvalue weighted by molar-refractivity contribution is 0.242. The first kappa shape index (κ1) is 12.8. The first-order valence-electron chi connectivity index (χ1n) is 6.12. The molecule has 2 nitrogen and oxygen atoms in total. The molecule has 2 aromatic rings. The number of halogens is 2. The van der Waals surface area contributed by atoms with E-state index in [-0.39, 0.29) is 6.10 Å². The van der Waals surface area contributed by atoms with E-state index in [1.54, 1.807) is 0 Å². The number of nitrogens with two attached hydrogens (primary N) is 1. The summed E-state index contributed by atoms with van der Waals surface area (Å²) in [7, 11) is 0. The molecule has 98 valence electrons. The minimum absolute atomic E-state index is 0.0337. The summed E-state index contributed by atoms with van der Waals surface area (Å²) in [5.41, 5.74) is 8.77. The topological polar surface area (TPSA) is 35.2 Å². The third kappa shape index (κ3) is 2.44. The average molecular weight is 294 g/mol. The second kappa shape index (κ2) is 5.04. The number of hydrogen-bond acceptors (Lipinski definition) is 2. The maximum absolute atomic E-state index is 6.19. The summed E-state index contributed by atoms with van der Waals surface area (Å²) in [6, 6.07) is 11.5. The van der Waals surface area contributed by atoms with Crippen molar-refractivity contribution in [3.63, 3.8) is 0 Å². The molecule has 0 saturated carbocycles. The van der Waals surface area contributed by atoms with Crippen LogP contribution in [0.15, 0.2) is 36.4 Å². The van der Waals surface area contributed by atoms with Crippen molar-refractivity contribution in [1.29, 1.82) is 0 Å². The van der Waals surface area contributed by atoms with Gasteiger partial charge < -0.3 is 10.5 Å². The molecule has 0 unspecified atom stereocenters. The molecule has 0 aliphatic carbocycles. The van der Waals surface area contributed by atoms with Gasteiger partial charge >= 0.3 is 0 Å². The van der Waals surface area contributed by atoms with Gasteiger partial charge in [-0.25, -0.2) is 0 Å². The molecule has 2 aromatic carbocycles. The van der Waals surface area contributed by atoms with Gasteiger partial charge in [0.25, 0.3) is 0 Å². The maximum Gasteiger partial charge on any atom is 0.131 e. The molecule has 0 radical (unpaired) electrons. The van der Waals surface area contributed by atoms with Crippen LogP contribution in [0.3, 0.4) is 0 Å². The standard InChI is InChI=1S/C15H13Cl2NO/c16-11-3-1-2-9(4-11)14-7-12(17)5-10-6-13(8-18)19-15(10)14/h1-5,7,13H,6,8,18H2/t13-/m1/s1. The molecule has 1 aliphatic heterocycles. The first-order valence-corrected chi connectivity index (χ1v) is 6.88.